The van der Waals surface area contributed by atoms with Crippen LogP contribution in [0.2, 0.25) is 0 Å². The maximum Gasteiger partial charge on any atom is 0.250 e. The lowest BCUT2D eigenvalue weighted by Gasteiger charge is -2.34. The van der Waals surface area contributed by atoms with E-state index in [1.807, 2.05) is 13.8 Å². The zero-order valence-corrected chi connectivity index (χ0v) is 17.1. The van der Waals surface area contributed by atoms with Gasteiger partial charge in [-0.25, -0.2) is 8.42 Å². The highest BCUT2D eigenvalue weighted by molar-refractivity contribution is 7.89. The summed E-state index contributed by atoms with van der Waals surface area (Å²) in [5.74, 6) is 0.931. The fraction of sp³-hybridized carbons (Fsp3) is 0.444. The summed E-state index contributed by atoms with van der Waals surface area (Å²) in [4.78, 5) is 4.61. The molecule has 9 heteroatoms. The van der Waals surface area contributed by atoms with Gasteiger partial charge in [-0.1, -0.05) is 31.1 Å². The van der Waals surface area contributed by atoms with E-state index in [2.05, 4.69) is 10.1 Å². The van der Waals surface area contributed by atoms with Gasteiger partial charge < -0.3 is 10.3 Å². The average molecular weight is 413 g/mol. The number of halogens is 1. The Morgan fingerprint density at radius 3 is 2.33 bits per heavy atom. The van der Waals surface area contributed by atoms with Crippen LogP contribution in [0.1, 0.15) is 50.4 Å². The molecule has 0 bridgehead atoms. The molecule has 0 unspecified atom stereocenters. The van der Waals surface area contributed by atoms with Crippen LogP contribution in [-0.2, 0) is 15.6 Å². The average Bonchev–Trinajstić information content (AvgIpc) is 3.08. The van der Waals surface area contributed by atoms with Gasteiger partial charge in [0.1, 0.15) is 0 Å². The summed E-state index contributed by atoms with van der Waals surface area (Å²) in [6, 6.07) is 6.71. The molecule has 0 saturated heterocycles. The summed E-state index contributed by atoms with van der Waals surface area (Å²) >= 11 is 0. The van der Waals surface area contributed by atoms with Crippen LogP contribution in [0, 0.1) is 0 Å². The topological polar surface area (TPSA) is 102 Å². The maximum absolute atomic E-state index is 12.5. The number of benzene rings is 1. The predicted molar refractivity (Wildman–Crippen MR) is 107 cm³/mol. The molecule has 0 aliphatic heterocycles. The zero-order valence-electron chi connectivity index (χ0n) is 15.5. The Labute approximate surface area is 166 Å². The zero-order chi connectivity index (χ0) is 18.8. The SMILES string of the molecule is CCN(CC)S(=O)(=O)c1ccc(/C=C/c2nc(C3(N)CCC3)no2)cc1.Cl. The summed E-state index contributed by atoms with van der Waals surface area (Å²) in [5.41, 5.74) is 6.57. The first kappa shape index (κ1) is 21.6. The van der Waals surface area contributed by atoms with Gasteiger partial charge in [-0.3, -0.25) is 0 Å². The van der Waals surface area contributed by atoms with Crippen molar-refractivity contribution in [2.24, 2.45) is 5.73 Å². The normalized spacial score (nSPS) is 16.3. The molecule has 1 aliphatic rings. The Morgan fingerprint density at radius 1 is 1.19 bits per heavy atom. The highest BCUT2D eigenvalue weighted by Crippen LogP contribution is 2.36. The summed E-state index contributed by atoms with van der Waals surface area (Å²) < 4.78 is 31.6. The number of hydrogen-bond donors (Lipinski definition) is 1. The molecule has 1 aliphatic carbocycles. The van der Waals surface area contributed by atoms with E-state index in [9.17, 15) is 8.42 Å². The molecule has 2 aromatic rings. The Morgan fingerprint density at radius 2 is 1.81 bits per heavy atom. The third-order valence-corrected chi connectivity index (χ3v) is 6.84. The lowest BCUT2D eigenvalue weighted by atomic mass is 9.77. The Hall–Kier alpha value is -1.74. The van der Waals surface area contributed by atoms with Crippen molar-refractivity contribution < 1.29 is 12.9 Å². The van der Waals surface area contributed by atoms with Crippen molar-refractivity contribution in [2.45, 2.75) is 43.5 Å². The second-order valence-electron chi connectivity index (χ2n) is 6.46. The van der Waals surface area contributed by atoms with Crippen molar-refractivity contribution in [1.29, 1.82) is 0 Å². The lowest BCUT2D eigenvalue weighted by molar-refractivity contribution is 0.229. The number of sulfonamides is 1. The minimum atomic E-state index is -3.44. The van der Waals surface area contributed by atoms with Crippen LogP contribution < -0.4 is 5.73 Å². The minimum Gasteiger partial charge on any atom is -0.335 e. The van der Waals surface area contributed by atoms with Gasteiger partial charge in [0.15, 0.2) is 5.82 Å². The highest BCUT2D eigenvalue weighted by Gasteiger charge is 2.38. The molecular weight excluding hydrogens is 388 g/mol. The fourth-order valence-corrected chi connectivity index (χ4v) is 4.38. The molecule has 7 nitrogen and oxygen atoms in total. The van der Waals surface area contributed by atoms with Gasteiger partial charge in [0.25, 0.3) is 5.89 Å². The van der Waals surface area contributed by atoms with Gasteiger partial charge >= 0.3 is 0 Å². The number of rotatable bonds is 7. The van der Waals surface area contributed by atoms with Crippen LogP contribution in [0.15, 0.2) is 33.7 Å². The standard InChI is InChI=1S/C18H24N4O3S.ClH/c1-3-22(4-2)26(23,24)15-9-6-14(7-10-15)8-11-16-20-17(21-25-16)18(19)12-5-13-18;/h6-11H,3-5,12-13,19H2,1-2H3;1H/b11-8+;. The van der Waals surface area contributed by atoms with Gasteiger partial charge in [0.2, 0.25) is 10.0 Å². The Kier molecular flexibility index (Phi) is 6.80. The summed E-state index contributed by atoms with van der Waals surface area (Å²) in [7, 11) is -3.44. The van der Waals surface area contributed by atoms with E-state index in [-0.39, 0.29) is 17.3 Å². The van der Waals surface area contributed by atoms with Gasteiger partial charge in [-0.2, -0.15) is 9.29 Å². The molecule has 148 valence electrons. The molecule has 0 amide bonds. The van der Waals surface area contributed by atoms with Gasteiger partial charge in [0, 0.05) is 19.2 Å². The van der Waals surface area contributed by atoms with E-state index in [1.165, 1.54) is 4.31 Å². The molecule has 1 fully saturated rings. The van der Waals surface area contributed by atoms with Crippen LogP contribution in [-0.4, -0.2) is 36.0 Å². The molecule has 0 radical (unpaired) electrons. The summed E-state index contributed by atoms with van der Waals surface area (Å²) in [5, 5.41) is 3.96. The smallest absolute Gasteiger partial charge is 0.250 e. The first-order chi connectivity index (χ1) is 12.4. The monoisotopic (exact) mass is 412 g/mol. The second-order valence-corrected chi connectivity index (χ2v) is 8.40. The maximum atomic E-state index is 12.5. The number of nitrogens with zero attached hydrogens (tertiary/aromatic N) is 3. The molecule has 27 heavy (non-hydrogen) atoms. The molecule has 0 atom stereocenters. The third kappa shape index (κ3) is 4.40. The lowest BCUT2D eigenvalue weighted by Crippen LogP contribution is -2.44. The first-order valence-electron chi connectivity index (χ1n) is 8.80. The van der Waals surface area contributed by atoms with Crippen molar-refractivity contribution in [3.63, 3.8) is 0 Å². The van der Waals surface area contributed by atoms with Crippen LogP contribution >= 0.6 is 12.4 Å². The quantitative estimate of drug-likeness (QED) is 0.749. The second kappa shape index (κ2) is 8.52. The van der Waals surface area contributed by atoms with Crippen molar-refractivity contribution in [3.8, 4) is 0 Å². The van der Waals surface area contributed by atoms with E-state index < -0.39 is 15.6 Å². The molecule has 2 N–H and O–H groups in total. The molecule has 1 saturated carbocycles. The molecule has 3 rings (SSSR count). The fourth-order valence-electron chi connectivity index (χ4n) is 2.92. The highest BCUT2D eigenvalue weighted by atomic mass is 35.5. The van der Waals surface area contributed by atoms with Crippen LogP contribution in [0.3, 0.4) is 0 Å². The molecular formula is C18H25ClN4O3S. The van der Waals surface area contributed by atoms with E-state index in [4.69, 9.17) is 10.3 Å². The Bertz CT molecular complexity index is 886. The molecule has 1 aromatic heterocycles. The summed E-state index contributed by atoms with van der Waals surface area (Å²) in [6.07, 6.45) is 6.33. The third-order valence-electron chi connectivity index (χ3n) is 4.77. The van der Waals surface area contributed by atoms with Gasteiger partial charge in [-0.15, -0.1) is 12.4 Å². The molecule has 0 spiro atoms. The van der Waals surface area contributed by atoms with Crippen molar-refractivity contribution in [2.75, 3.05) is 13.1 Å². The van der Waals surface area contributed by atoms with Crippen LogP contribution in [0.5, 0.6) is 0 Å². The predicted octanol–water partition coefficient (Wildman–Crippen LogP) is 3.03. The minimum absolute atomic E-state index is 0. The first-order valence-corrected chi connectivity index (χ1v) is 10.2. The van der Waals surface area contributed by atoms with Crippen molar-refractivity contribution in [1.82, 2.24) is 14.4 Å². The summed E-state index contributed by atoms with van der Waals surface area (Å²) in [6.45, 7) is 4.54. The van der Waals surface area contributed by atoms with Crippen LogP contribution in [0.25, 0.3) is 12.2 Å². The van der Waals surface area contributed by atoms with Gasteiger partial charge in [-0.05, 0) is 43.0 Å². The number of hydrogen-bond acceptors (Lipinski definition) is 6. The van der Waals surface area contributed by atoms with Gasteiger partial charge in [0.05, 0.1) is 10.4 Å². The molecule has 1 heterocycles. The largest absolute Gasteiger partial charge is 0.335 e. The Balaban J connectivity index is 0.00000261. The molecule has 1 aromatic carbocycles. The van der Waals surface area contributed by atoms with Crippen molar-refractivity contribution in [3.05, 3.63) is 41.5 Å². The van der Waals surface area contributed by atoms with Crippen molar-refractivity contribution >= 4 is 34.6 Å². The number of aromatic nitrogens is 2. The van der Waals surface area contributed by atoms with E-state index >= 15 is 0 Å². The van der Waals surface area contributed by atoms with E-state index in [0.717, 1.165) is 24.8 Å². The van der Waals surface area contributed by atoms with E-state index in [0.29, 0.717) is 24.8 Å². The number of nitrogens with two attached hydrogens (primary N) is 1. The van der Waals surface area contributed by atoms with E-state index in [1.54, 1.807) is 36.4 Å². The van der Waals surface area contributed by atoms with Crippen LogP contribution in [0.4, 0.5) is 0 Å².